The summed E-state index contributed by atoms with van der Waals surface area (Å²) in [5, 5.41) is 2.24. The summed E-state index contributed by atoms with van der Waals surface area (Å²) in [6.07, 6.45) is 5.04. The van der Waals surface area contributed by atoms with Gasteiger partial charge in [0.15, 0.2) is 11.6 Å². The first kappa shape index (κ1) is 21.8. The smallest absolute Gasteiger partial charge is 0.229 e. The van der Waals surface area contributed by atoms with Gasteiger partial charge < -0.3 is 5.32 Å². The van der Waals surface area contributed by atoms with E-state index in [1.807, 2.05) is 6.07 Å². The predicted molar refractivity (Wildman–Crippen MR) is 117 cm³/mol. The van der Waals surface area contributed by atoms with E-state index < -0.39 is 22.6 Å². The summed E-state index contributed by atoms with van der Waals surface area (Å²) in [5.41, 5.74) is 2.12. The first-order valence-electron chi connectivity index (χ1n) is 9.98. The second kappa shape index (κ2) is 9.00. The summed E-state index contributed by atoms with van der Waals surface area (Å²) in [4.78, 5) is 34.9. The maximum absolute atomic E-state index is 13.6. The molecular weight excluding hydrogens is 438 g/mol. The van der Waals surface area contributed by atoms with Crippen LogP contribution in [0.25, 0.3) is 0 Å². The molecule has 0 atom stereocenters. The Labute approximate surface area is 188 Å². The molecule has 2 heterocycles. The largest absolute Gasteiger partial charge is 0.326 e. The number of benzene rings is 1. The Hall–Kier alpha value is -3.39. The minimum atomic E-state index is -1.19. The molecule has 164 valence electrons. The number of hydrogen-bond donors (Lipinski definition) is 1. The van der Waals surface area contributed by atoms with Gasteiger partial charge in [0.05, 0.1) is 17.1 Å². The molecule has 1 aliphatic carbocycles. The van der Waals surface area contributed by atoms with E-state index >= 15 is 0 Å². The van der Waals surface area contributed by atoms with Gasteiger partial charge in [-0.25, -0.2) is 13.8 Å². The average molecular weight is 457 g/mol. The monoisotopic (exact) mass is 456 g/mol. The molecule has 0 bridgehead atoms. The Morgan fingerprint density at radius 1 is 1.12 bits per heavy atom. The zero-order valence-corrected chi connectivity index (χ0v) is 17.9. The van der Waals surface area contributed by atoms with Gasteiger partial charge in [0.2, 0.25) is 11.8 Å². The molecule has 1 fully saturated rings. The number of carbonyl (C=O) groups excluding carboxylic acids is 2. The van der Waals surface area contributed by atoms with E-state index in [2.05, 4.69) is 15.3 Å². The normalized spacial score (nSPS) is 13.0. The van der Waals surface area contributed by atoms with E-state index in [1.165, 1.54) is 24.1 Å². The number of nitrogens with zero attached hydrogens (tertiary/aromatic N) is 3. The van der Waals surface area contributed by atoms with E-state index in [1.54, 1.807) is 24.4 Å². The van der Waals surface area contributed by atoms with Crippen LogP contribution in [0, 0.1) is 11.6 Å². The van der Waals surface area contributed by atoms with E-state index in [0.717, 1.165) is 24.6 Å². The predicted octanol–water partition coefficient (Wildman–Crippen LogP) is 5.15. The molecular formula is C23H19ClF2N4O2. The Kier molecular flexibility index (Phi) is 6.14. The van der Waals surface area contributed by atoms with Gasteiger partial charge in [-0.1, -0.05) is 17.7 Å². The highest BCUT2D eigenvalue weighted by molar-refractivity contribution is 6.31. The lowest BCUT2D eigenvalue weighted by molar-refractivity contribution is -0.116. The highest BCUT2D eigenvalue weighted by atomic mass is 35.5. The third kappa shape index (κ3) is 4.75. The Morgan fingerprint density at radius 3 is 2.59 bits per heavy atom. The third-order valence-electron chi connectivity index (χ3n) is 5.06. The summed E-state index contributed by atoms with van der Waals surface area (Å²) < 4.78 is 26.9. The van der Waals surface area contributed by atoms with Gasteiger partial charge in [0.1, 0.15) is 5.82 Å². The van der Waals surface area contributed by atoms with Gasteiger partial charge in [-0.05, 0) is 42.7 Å². The molecule has 1 saturated carbocycles. The van der Waals surface area contributed by atoms with Crippen LogP contribution in [0.15, 0.2) is 48.8 Å². The lowest BCUT2D eigenvalue weighted by Crippen LogP contribution is -2.24. The average Bonchev–Trinajstić information content (AvgIpc) is 3.60. The molecule has 3 aromatic rings. The molecule has 6 nitrogen and oxygen atoms in total. The topological polar surface area (TPSA) is 75.2 Å². The zero-order valence-electron chi connectivity index (χ0n) is 17.1. The first-order chi connectivity index (χ1) is 15.3. The number of aromatic nitrogens is 2. The van der Waals surface area contributed by atoms with E-state index in [-0.39, 0.29) is 17.9 Å². The molecule has 0 radical (unpaired) electrons. The van der Waals surface area contributed by atoms with Crippen molar-refractivity contribution in [2.45, 2.75) is 32.1 Å². The molecule has 0 spiro atoms. The van der Waals surface area contributed by atoms with E-state index in [0.29, 0.717) is 23.1 Å². The fourth-order valence-corrected chi connectivity index (χ4v) is 3.57. The number of anilines is 3. The maximum Gasteiger partial charge on any atom is 0.229 e. The van der Waals surface area contributed by atoms with Crippen molar-refractivity contribution in [2.75, 3.05) is 10.2 Å². The fourth-order valence-electron chi connectivity index (χ4n) is 3.35. The summed E-state index contributed by atoms with van der Waals surface area (Å²) in [6.45, 7) is 1.43. The van der Waals surface area contributed by atoms with Crippen LogP contribution in [0.5, 0.6) is 0 Å². The Morgan fingerprint density at radius 2 is 1.88 bits per heavy atom. The third-order valence-corrected chi connectivity index (χ3v) is 5.47. The number of halogens is 3. The number of hydrogen-bond acceptors (Lipinski definition) is 4. The fraction of sp³-hybridized carbons (Fsp3) is 0.217. The van der Waals surface area contributed by atoms with Gasteiger partial charge >= 0.3 is 0 Å². The van der Waals surface area contributed by atoms with Crippen molar-refractivity contribution in [3.05, 3.63) is 76.7 Å². The summed E-state index contributed by atoms with van der Waals surface area (Å²) >= 11 is 5.80. The first-order valence-corrected chi connectivity index (χ1v) is 10.4. The highest BCUT2D eigenvalue weighted by Crippen LogP contribution is 2.40. The van der Waals surface area contributed by atoms with Crippen LogP contribution in [-0.4, -0.2) is 21.8 Å². The van der Waals surface area contributed by atoms with Crippen LogP contribution >= 0.6 is 11.6 Å². The number of carbonyl (C=O) groups is 2. The van der Waals surface area contributed by atoms with Crippen LogP contribution in [0.3, 0.4) is 0 Å². The molecule has 1 aromatic carbocycles. The number of rotatable bonds is 6. The van der Waals surface area contributed by atoms with Gasteiger partial charge in [0, 0.05) is 42.7 Å². The number of nitrogens with one attached hydrogen (secondary N) is 1. The quantitative estimate of drug-likeness (QED) is 0.520. The molecule has 9 heteroatoms. The van der Waals surface area contributed by atoms with Crippen molar-refractivity contribution in [3.8, 4) is 0 Å². The number of amides is 2. The second-order valence-electron chi connectivity index (χ2n) is 7.53. The van der Waals surface area contributed by atoms with Crippen LogP contribution in [0.2, 0.25) is 5.02 Å². The zero-order chi connectivity index (χ0) is 22.8. The molecule has 0 saturated heterocycles. The number of pyridine rings is 2. The van der Waals surface area contributed by atoms with Crippen molar-refractivity contribution in [1.82, 2.24) is 9.97 Å². The molecule has 0 aliphatic heterocycles. The molecule has 4 rings (SSSR count). The van der Waals surface area contributed by atoms with Crippen molar-refractivity contribution in [3.63, 3.8) is 0 Å². The van der Waals surface area contributed by atoms with Gasteiger partial charge in [-0.3, -0.25) is 19.5 Å². The van der Waals surface area contributed by atoms with Gasteiger partial charge in [-0.2, -0.15) is 0 Å². The lowest BCUT2D eigenvalue weighted by Gasteiger charge is -2.21. The summed E-state index contributed by atoms with van der Waals surface area (Å²) in [6, 6.07) is 8.90. The molecule has 2 amide bonds. The van der Waals surface area contributed by atoms with Crippen LogP contribution < -0.4 is 10.2 Å². The van der Waals surface area contributed by atoms with Crippen LogP contribution in [0.4, 0.5) is 26.0 Å². The van der Waals surface area contributed by atoms with E-state index in [9.17, 15) is 18.4 Å². The van der Waals surface area contributed by atoms with Gasteiger partial charge in [-0.15, -0.1) is 0 Å². The minimum absolute atomic E-state index is 0.159. The van der Waals surface area contributed by atoms with Crippen molar-refractivity contribution < 1.29 is 18.4 Å². The lowest BCUT2D eigenvalue weighted by atomic mass is 10.1. The SMILES string of the molecule is CC(=O)N(c1ccnc(C2CC2)c1)c1cc(NC(=O)Cc2ccc(F)c(F)c2Cl)ccn1. The van der Waals surface area contributed by atoms with Gasteiger partial charge in [0.25, 0.3) is 0 Å². The summed E-state index contributed by atoms with van der Waals surface area (Å²) in [5.74, 6) is -2.25. The Bertz CT molecular complexity index is 1200. The minimum Gasteiger partial charge on any atom is -0.326 e. The van der Waals surface area contributed by atoms with Crippen molar-refractivity contribution in [2.24, 2.45) is 0 Å². The maximum atomic E-state index is 13.6. The Balaban J connectivity index is 1.54. The second-order valence-corrected chi connectivity index (χ2v) is 7.91. The molecule has 1 N–H and O–H groups in total. The van der Waals surface area contributed by atoms with Crippen LogP contribution in [0.1, 0.15) is 36.9 Å². The van der Waals surface area contributed by atoms with E-state index in [4.69, 9.17) is 11.6 Å². The summed E-state index contributed by atoms with van der Waals surface area (Å²) in [7, 11) is 0. The molecule has 1 aliphatic rings. The van der Waals surface area contributed by atoms with Crippen LogP contribution in [-0.2, 0) is 16.0 Å². The van der Waals surface area contributed by atoms with Crippen molar-refractivity contribution >= 4 is 40.6 Å². The standard InChI is InChI=1S/C23H19ClF2N4O2/c1-13(31)30(17-7-9-27-19(12-17)14-2-3-14)20-11-16(6-8-28-20)29-21(32)10-15-4-5-18(25)23(26)22(15)24/h4-9,11-12,14H,2-3,10H2,1H3,(H,28,29,32). The molecule has 2 aromatic heterocycles. The van der Waals surface area contributed by atoms with Crippen molar-refractivity contribution in [1.29, 1.82) is 0 Å². The molecule has 0 unspecified atom stereocenters. The molecule has 32 heavy (non-hydrogen) atoms. The highest BCUT2D eigenvalue weighted by Gasteiger charge is 2.26.